The van der Waals surface area contributed by atoms with Gasteiger partial charge < -0.3 is 10.2 Å². The number of benzene rings is 2. The van der Waals surface area contributed by atoms with Gasteiger partial charge in [-0.2, -0.15) is 0 Å². The van der Waals surface area contributed by atoms with E-state index in [1.807, 2.05) is 53.2 Å². The molecule has 0 atom stereocenters. The number of aromatic nitrogens is 2. The van der Waals surface area contributed by atoms with Crippen molar-refractivity contribution in [3.63, 3.8) is 0 Å². The molecule has 1 aliphatic heterocycles. The lowest BCUT2D eigenvalue weighted by atomic mass is 10.2. The standard InChI is InChI=1S/C22H22N4O2S/c1-16-6-2-3-9-19(16)26-13-11-23-22(26)29-15-20(27)24-17-7-4-8-18(14-17)25-12-5-10-21(25)28/h2-4,6-9,11,13-14H,5,10,12,15H2,1H3,(H,24,27). The summed E-state index contributed by atoms with van der Waals surface area (Å²) in [5.74, 6) is 0.266. The molecule has 1 aromatic heterocycles. The lowest BCUT2D eigenvalue weighted by molar-refractivity contribution is -0.117. The molecule has 7 heteroatoms. The van der Waals surface area contributed by atoms with E-state index in [1.165, 1.54) is 11.8 Å². The van der Waals surface area contributed by atoms with Gasteiger partial charge in [-0.1, -0.05) is 36.0 Å². The Kier molecular flexibility index (Phi) is 5.67. The minimum atomic E-state index is -0.112. The third kappa shape index (κ3) is 4.35. The zero-order chi connectivity index (χ0) is 20.2. The smallest absolute Gasteiger partial charge is 0.234 e. The third-order valence-corrected chi connectivity index (χ3v) is 5.80. The number of hydrogen-bond donors (Lipinski definition) is 1. The Morgan fingerprint density at radius 1 is 1.21 bits per heavy atom. The van der Waals surface area contributed by atoms with Crippen LogP contribution in [0.1, 0.15) is 18.4 Å². The van der Waals surface area contributed by atoms with E-state index < -0.39 is 0 Å². The minimum absolute atomic E-state index is 0.112. The molecule has 3 aromatic rings. The normalized spacial score (nSPS) is 13.7. The van der Waals surface area contributed by atoms with Crippen molar-refractivity contribution in [2.45, 2.75) is 24.9 Å². The number of carbonyl (C=O) groups is 2. The van der Waals surface area contributed by atoms with Gasteiger partial charge in [-0.3, -0.25) is 14.2 Å². The lowest BCUT2D eigenvalue weighted by Crippen LogP contribution is -2.23. The van der Waals surface area contributed by atoms with E-state index in [1.54, 1.807) is 11.1 Å². The minimum Gasteiger partial charge on any atom is -0.325 e. The van der Waals surface area contributed by atoms with Crippen LogP contribution in [-0.2, 0) is 9.59 Å². The van der Waals surface area contributed by atoms with Gasteiger partial charge in [-0.15, -0.1) is 0 Å². The van der Waals surface area contributed by atoms with E-state index in [4.69, 9.17) is 0 Å². The zero-order valence-electron chi connectivity index (χ0n) is 16.2. The number of para-hydroxylation sites is 1. The third-order valence-electron chi connectivity index (χ3n) is 4.83. The molecule has 2 amide bonds. The second kappa shape index (κ2) is 8.53. The van der Waals surface area contributed by atoms with Crippen LogP contribution in [0, 0.1) is 6.92 Å². The van der Waals surface area contributed by atoms with Gasteiger partial charge in [0.2, 0.25) is 11.8 Å². The summed E-state index contributed by atoms with van der Waals surface area (Å²) in [5, 5.41) is 3.69. The molecule has 2 heterocycles. The van der Waals surface area contributed by atoms with Crippen molar-refractivity contribution < 1.29 is 9.59 Å². The number of aryl methyl sites for hydroxylation is 1. The van der Waals surface area contributed by atoms with E-state index >= 15 is 0 Å². The fraction of sp³-hybridized carbons (Fsp3) is 0.227. The summed E-state index contributed by atoms with van der Waals surface area (Å²) < 4.78 is 1.99. The molecule has 0 radical (unpaired) electrons. The summed E-state index contributed by atoms with van der Waals surface area (Å²) in [5.41, 5.74) is 3.71. The highest BCUT2D eigenvalue weighted by atomic mass is 32.2. The molecule has 0 aliphatic carbocycles. The SMILES string of the molecule is Cc1ccccc1-n1ccnc1SCC(=O)Nc1cccc(N2CCCC2=O)c1. The average Bonchev–Trinajstić information content (AvgIpc) is 3.36. The predicted molar refractivity (Wildman–Crippen MR) is 116 cm³/mol. The number of rotatable bonds is 6. The Labute approximate surface area is 173 Å². The first-order valence-corrected chi connectivity index (χ1v) is 10.5. The molecule has 0 saturated carbocycles. The molecule has 0 unspecified atom stereocenters. The van der Waals surface area contributed by atoms with Crippen molar-refractivity contribution in [3.05, 3.63) is 66.5 Å². The van der Waals surface area contributed by atoms with Crippen molar-refractivity contribution >= 4 is 35.0 Å². The number of carbonyl (C=O) groups excluding carboxylic acids is 2. The van der Waals surface area contributed by atoms with Crippen LogP contribution in [0.5, 0.6) is 0 Å². The van der Waals surface area contributed by atoms with Crippen LogP contribution in [0.15, 0.2) is 66.1 Å². The van der Waals surface area contributed by atoms with E-state index in [2.05, 4.69) is 23.3 Å². The topological polar surface area (TPSA) is 67.2 Å². The van der Waals surface area contributed by atoms with Crippen LogP contribution in [0.3, 0.4) is 0 Å². The summed E-state index contributed by atoms with van der Waals surface area (Å²) in [4.78, 5) is 30.6. The molecular weight excluding hydrogens is 384 g/mol. The fourth-order valence-corrected chi connectivity index (χ4v) is 4.18. The van der Waals surface area contributed by atoms with Gasteiger partial charge in [-0.05, 0) is 43.2 Å². The van der Waals surface area contributed by atoms with Crippen LogP contribution in [0.2, 0.25) is 0 Å². The van der Waals surface area contributed by atoms with Crippen molar-refractivity contribution in [1.82, 2.24) is 9.55 Å². The molecule has 1 fully saturated rings. The summed E-state index contributed by atoms with van der Waals surface area (Å²) in [6.07, 6.45) is 5.10. The Morgan fingerprint density at radius 2 is 2.07 bits per heavy atom. The first-order chi connectivity index (χ1) is 14.1. The molecule has 29 heavy (non-hydrogen) atoms. The van der Waals surface area contributed by atoms with Crippen LogP contribution < -0.4 is 10.2 Å². The number of nitrogens with one attached hydrogen (secondary N) is 1. The van der Waals surface area contributed by atoms with E-state index in [-0.39, 0.29) is 17.6 Å². The number of imidazole rings is 1. The summed E-state index contributed by atoms with van der Waals surface area (Å²) in [6.45, 7) is 2.78. The van der Waals surface area contributed by atoms with Crippen molar-refractivity contribution in [3.8, 4) is 5.69 Å². The fourth-order valence-electron chi connectivity index (χ4n) is 3.41. The Hall–Kier alpha value is -3.06. The highest BCUT2D eigenvalue weighted by Crippen LogP contribution is 2.25. The maximum absolute atomic E-state index is 12.5. The zero-order valence-corrected chi connectivity index (χ0v) is 17.0. The number of hydrogen-bond acceptors (Lipinski definition) is 4. The molecule has 1 N–H and O–H groups in total. The summed E-state index contributed by atoms with van der Waals surface area (Å²) in [7, 11) is 0. The highest BCUT2D eigenvalue weighted by molar-refractivity contribution is 7.99. The lowest BCUT2D eigenvalue weighted by Gasteiger charge is -2.16. The number of amides is 2. The maximum atomic E-state index is 12.5. The first kappa shape index (κ1) is 19.3. The Balaban J connectivity index is 1.40. The number of nitrogens with zero attached hydrogens (tertiary/aromatic N) is 3. The van der Waals surface area contributed by atoms with Crippen LogP contribution in [0.4, 0.5) is 11.4 Å². The van der Waals surface area contributed by atoms with E-state index in [9.17, 15) is 9.59 Å². The quantitative estimate of drug-likeness (QED) is 0.628. The van der Waals surface area contributed by atoms with E-state index in [0.29, 0.717) is 12.1 Å². The van der Waals surface area contributed by atoms with Crippen LogP contribution in [0.25, 0.3) is 5.69 Å². The van der Waals surface area contributed by atoms with Gasteiger partial charge in [0.15, 0.2) is 5.16 Å². The van der Waals surface area contributed by atoms with E-state index in [0.717, 1.165) is 35.1 Å². The molecule has 148 valence electrons. The average molecular weight is 407 g/mol. The Morgan fingerprint density at radius 3 is 2.86 bits per heavy atom. The molecule has 1 saturated heterocycles. The summed E-state index contributed by atoms with van der Waals surface area (Å²) in [6, 6.07) is 15.5. The maximum Gasteiger partial charge on any atom is 0.234 e. The second-order valence-corrected chi connectivity index (χ2v) is 7.84. The van der Waals surface area contributed by atoms with Gasteiger partial charge in [0.05, 0.1) is 11.4 Å². The molecule has 1 aliphatic rings. The molecule has 0 spiro atoms. The van der Waals surface area contributed by atoms with Gasteiger partial charge in [-0.25, -0.2) is 4.98 Å². The van der Waals surface area contributed by atoms with Gasteiger partial charge in [0, 0.05) is 36.7 Å². The molecule has 0 bridgehead atoms. The van der Waals surface area contributed by atoms with Crippen LogP contribution >= 0.6 is 11.8 Å². The highest BCUT2D eigenvalue weighted by Gasteiger charge is 2.21. The van der Waals surface area contributed by atoms with Gasteiger partial charge >= 0.3 is 0 Å². The predicted octanol–water partition coefficient (Wildman–Crippen LogP) is 4.04. The first-order valence-electron chi connectivity index (χ1n) is 9.54. The number of thioether (sulfide) groups is 1. The largest absolute Gasteiger partial charge is 0.325 e. The molecule has 2 aromatic carbocycles. The number of anilines is 2. The molecule has 6 nitrogen and oxygen atoms in total. The molecule has 4 rings (SSSR count). The van der Waals surface area contributed by atoms with Crippen LogP contribution in [-0.4, -0.2) is 33.7 Å². The van der Waals surface area contributed by atoms with Gasteiger partial charge in [0.25, 0.3) is 0 Å². The Bertz CT molecular complexity index is 1050. The second-order valence-electron chi connectivity index (χ2n) is 6.90. The van der Waals surface area contributed by atoms with Crippen molar-refractivity contribution in [1.29, 1.82) is 0 Å². The monoisotopic (exact) mass is 406 g/mol. The van der Waals surface area contributed by atoms with Gasteiger partial charge in [0.1, 0.15) is 0 Å². The molecular formula is C22H22N4O2S. The summed E-state index contributed by atoms with van der Waals surface area (Å²) >= 11 is 1.39. The van der Waals surface area contributed by atoms with Crippen molar-refractivity contribution in [2.75, 3.05) is 22.5 Å². The van der Waals surface area contributed by atoms with Crippen molar-refractivity contribution in [2.24, 2.45) is 0 Å².